The van der Waals surface area contributed by atoms with Gasteiger partial charge in [0.1, 0.15) is 42.7 Å². The molecule has 5 heterocycles. The highest BCUT2D eigenvalue weighted by Crippen LogP contribution is 2.41. The maximum atomic E-state index is 15.0. The zero-order valence-corrected chi connectivity index (χ0v) is 48.4. The minimum atomic E-state index is -1.82. The summed E-state index contributed by atoms with van der Waals surface area (Å²) in [6, 6.07) is 10.3. The summed E-state index contributed by atoms with van der Waals surface area (Å²) in [5.74, 6) is -2.03. The molecule has 2 aromatic rings. The summed E-state index contributed by atoms with van der Waals surface area (Å²) in [7, 11) is 8.60. The molecule has 0 amide bonds. The fraction of sp³-hybridized carbons (Fsp3) is 0.754. The number of pyridine rings is 1. The number of hydrogen-bond donors (Lipinski definition) is 6. The van der Waals surface area contributed by atoms with Crippen molar-refractivity contribution in [3.8, 4) is 17.0 Å². The molecular weight excluding hydrogens is 996 g/mol. The number of aliphatic hydroxyl groups is 4. The molecule has 19 nitrogen and oxygen atoms in total. The van der Waals surface area contributed by atoms with Gasteiger partial charge < -0.3 is 73.5 Å². The number of carbonyl (C=O) groups excluding carboxylic acids is 1. The number of alkyl halides is 1. The van der Waals surface area contributed by atoms with Gasteiger partial charge in [-0.3, -0.25) is 9.80 Å². The first-order chi connectivity index (χ1) is 36.3. The lowest BCUT2D eigenvalue weighted by Crippen LogP contribution is -2.59. The minimum absolute atomic E-state index is 0.000870. The van der Waals surface area contributed by atoms with Crippen molar-refractivity contribution in [2.24, 2.45) is 17.8 Å². The number of likely N-dealkylation sites (N-methyl/N-ethyl adjacent to an activating group) is 1. The van der Waals surface area contributed by atoms with E-state index in [1.54, 1.807) is 60.0 Å². The fourth-order valence-electron chi connectivity index (χ4n) is 12.1. The predicted molar refractivity (Wildman–Crippen MR) is 288 cm³/mol. The number of hydrazine groups is 2. The molecule has 0 unspecified atom stereocenters. The van der Waals surface area contributed by atoms with Crippen LogP contribution in [0.1, 0.15) is 119 Å². The molecule has 0 spiro atoms. The SMILES string of the molecule is CC[C@H]1OC(=O)[C@H](C)[C@@H](O[C@H]2C[C@@](C)(OC)[C@@H](O)[C@H](C)O2)[C@H](C)[C@@H](O[C@H]2C[C@@H](N(C)CCC3=CN([C@H](CF)[C@H](OC)c4ccc(-c5ccc(OC)nc5)cc4)NN3)C[C@@H](C)O2)[C@](C)(O)C[C@@H](C)CN(C)[C@H](C)[C@@H](O)[C@]1(C)O. The Morgan fingerprint density at radius 3 is 2.22 bits per heavy atom. The van der Waals surface area contributed by atoms with Gasteiger partial charge in [0, 0.05) is 94.3 Å². The van der Waals surface area contributed by atoms with E-state index in [2.05, 4.69) is 27.9 Å². The lowest BCUT2D eigenvalue weighted by molar-refractivity contribution is -0.308. The molecule has 6 N–H and O–H groups in total. The molecule has 3 saturated heterocycles. The van der Waals surface area contributed by atoms with Gasteiger partial charge >= 0.3 is 5.97 Å². The molecule has 20 heteroatoms. The Balaban J connectivity index is 1.21. The molecule has 1 aromatic heterocycles. The van der Waals surface area contributed by atoms with E-state index in [1.165, 1.54) is 14.0 Å². The standard InChI is InChI=1S/C57H93FN6O13/c1-16-45-57(10,69)51(65)37(6)63(12)31-33(2)27-55(8,68)53(35(4)49(36(5)54(67)75-45)76-48-28-56(9,72-15)52(66)38(7)74-48)77-47-26-43(25-34(3)73-47)62(11)24-23-42-32-64(61-60-42)44(29-58)50(71-14)40-19-17-39(18-20-40)41-21-22-46(70-13)59-30-41/h17-22,30,32-38,43-45,47-53,60-61,65-66,68-69H,16,23-29,31H2,1-15H3/t33-,34-,35+,36-,37-,38+,43+,44-,45-,47+,48+,49+,50-,51-,52+,53-,55-,56-,57-/m1/s1. The van der Waals surface area contributed by atoms with Gasteiger partial charge in [0.05, 0.1) is 48.6 Å². The van der Waals surface area contributed by atoms with Crippen LogP contribution in [0.2, 0.25) is 0 Å². The first kappa shape index (κ1) is 62.6. The molecule has 0 saturated carbocycles. The highest BCUT2D eigenvalue weighted by Gasteiger charge is 2.52. The summed E-state index contributed by atoms with van der Waals surface area (Å²) in [5.41, 5.74) is 5.56. The maximum Gasteiger partial charge on any atom is 0.311 e. The molecule has 4 aliphatic heterocycles. The number of carbonyl (C=O) groups is 1. The quantitative estimate of drug-likeness (QED) is 0.105. The summed E-state index contributed by atoms with van der Waals surface area (Å²) >= 11 is 0. The molecule has 6 rings (SSSR count). The third kappa shape index (κ3) is 14.9. The molecule has 19 atom stereocenters. The van der Waals surface area contributed by atoms with Crippen LogP contribution in [0.3, 0.4) is 0 Å². The van der Waals surface area contributed by atoms with E-state index in [1.807, 2.05) is 82.2 Å². The van der Waals surface area contributed by atoms with Crippen molar-refractivity contribution in [1.29, 1.82) is 0 Å². The Morgan fingerprint density at radius 2 is 1.61 bits per heavy atom. The van der Waals surface area contributed by atoms with E-state index < -0.39 is 109 Å². The van der Waals surface area contributed by atoms with E-state index in [0.29, 0.717) is 38.2 Å². The highest BCUT2D eigenvalue weighted by atomic mass is 19.1. The number of ether oxygens (including phenoxy) is 8. The third-order valence-electron chi connectivity index (χ3n) is 17.0. The number of esters is 1. The van der Waals surface area contributed by atoms with Gasteiger partial charge in [-0.15, -0.1) is 5.53 Å². The van der Waals surface area contributed by atoms with Crippen molar-refractivity contribution < 1.29 is 67.5 Å². The number of rotatable bonds is 17. The van der Waals surface area contributed by atoms with Gasteiger partial charge in [0.15, 0.2) is 12.6 Å². The molecule has 0 radical (unpaired) electrons. The largest absolute Gasteiger partial charge is 0.481 e. The average Bonchev–Trinajstić information content (AvgIpc) is 3.88. The van der Waals surface area contributed by atoms with Crippen LogP contribution in [0.25, 0.3) is 11.1 Å². The number of aliphatic hydroxyl groups excluding tert-OH is 2. The van der Waals surface area contributed by atoms with Crippen molar-refractivity contribution in [1.82, 2.24) is 30.8 Å². The number of methoxy groups -OCH3 is 3. The number of nitrogens with zero attached hydrogens (tertiary/aromatic N) is 4. The van der Waals surface area contributed by atoms with Gasteiger partial charge in [0.2, 0.25) is 5.88 Å². The average molecular weight is 1090 g/mol. The zero-order valence-electron chi connectivity index (χ0n) is 48.4. The summed E-state index contributed by atoms with van der Waals surface area (Å²) in [6.45, 7) is 18.4. The van der Waals surface area contributed by atoms with E-state index in [-0.39, 0.29) is 37.3 Å². The Kier molecular flexibility index (Phi) is 21.8. The molecule has 0 aliphatic carbocycles. The van der Waals surface area contributed by atoms with Crippen LogP contribution in [0, 0.1) is 17.8 Å². The first-order valence-corrected chi connectivity index (χ1v) is 27.6. The van der Waals surface area contributed by atoms with Crippen LogP contribution in [0.4, 0.5) is 4.39 Å². The third-order valence-corrected chi connectivity index (χ3v) is 17.0. The molecule has 3 fully saturated rings. The van der Waals surface area contributed by atoms with E-state index in [4.69, 9.17) is 37.9 Å². The summed E-state index contributed by atoms with van der Waals surface area (Å²) in [4.78, 5) is 23.1. The van der Waals surface area contributed by atoms with Crippen LogP contribution in [0.5, 0.6) is 5.88 Å². The zero-order chi connectivity index (χ0) is 56.7. The second-order valence-electron chi connectivity index (χ2n) is 23.2. The van der Waals surface area contributed by atoms with E-state index >= 15 is 4.39 Å². The number of benzene rings is 1. The monoisotopic (exact) mass is 1090 g/mol. The molecular formula is C57H93FN6O13. The molecule has 1 aromatic carbocycles. The lowest BCUT2D eigenvalue weighted by atomic mass is 9.77. The fourth-order valence-corrected chi connectivity index (χ4v) is 12.1. The lowest BCUT2D eigenvalue weighted by Gasteiger charge is -2.48. The van der Waals surface area contributed by atoms with Crippen molar-refractivity contribution in [3.05, 3.63) is 60.1 Å². The second kappa shape index (κ2) is 26.8. The predicted octanol–water partition coefficient (Wildman–Crippen LogP) is 5.65. The number of nitrogens with one attached hydrogen (secondary N) is 2. The van der Waals surface area contributed by atoms with Crippen LogP contribution in [0.15, 0.2) is 54.5 Å². The van der Waals surface area contributed by atoms with Gasteiger partial charge in [-0.2, -0.15) is 0 Å². The molecule has 436 valence electrons. The Morgan fingerprint density at radius 1 is 0.922 bits per heavy atom. The van der Waals surface area contributed by atoms with Crippen LogP contribution in [-0.2, 0) is 38.0 Å². The van der Waals surface area contributed by atoms with E-state index in [9.17, 15) is 25.2 Å². The number of halogens is 1. The van der Waals surface area contributed by atoms with Gasteiger partial charge in [-0.1, -0.05) is 45.0 Å². The van der Waals surface area contributed by atoms with Crippen LogP contribution in [-0.4, -0.2) is 192 Å². The second-order valence-corrected chi connectivity index (χ2v) is 23.2. The normalized spacial score (nSPS) is 38.0. The van der Waals surface area contributed by atoms with Crippen molar-refractivity contribution in [2.45, 2.75) is 204 Å². The summed E-state index contributed by atoms with van der Waals surface area (Å²) in [6.07, 6.45) is -2.55. The number of cyclic esters (lactones) is 1. The molecule has 77 heavy (non-hydrogen) atoms. The Bertz CT molecular complexity index is 2200. The van der Waals surface area contributed by atoms with Gasteiger partial charge in [-0.05, 0) is 105 Å². The molecule has 4 aliphatic rings. The first-order valence-electron chi connectivity index (χ1n) is 27.6. The highest BCUT2D eigenvalue weighted by molar-refractivity contribution is 5.73. The van der Waals surface area contributed by atoms with E-state index in [0.717, 1.165) is 22.4 Å². The minimum Gasteiger partial charge on any atom is -0.481 e. The van der Waals surface area contributed by atoms with Gasteiger partial charge in [0.25, 0.3) is 0 Å². The Labute approximate surface area is 457 Å². The van der Waals surface area contributed by atoms with Crippen LogP contribution >= 0.6 is 0 Å². The Hall–Kier alpha value is -3.61. The topological polar surface area (TPSA) is 218 Å². The summed E-state index contributed by atoms with van der Waals surface area (Å²) < 4.78 is 64.9. The van der Waals surface area contributed by atoms with Crippen molar-refractivity contribution >= 4 is 5.97 Å². The van der Waals surface area contributed by atoms with Gasteiger partial charge in [-0.25, -0.2) is 9.37 Å². The van der Waals surface area contributed by atoms with Crippen LogP contribution < -0.4 is 15.7 Å². The maximum absolute atomic E-state index is 15.0. The smallest absolute Gasteiger partial charge is 0.311 e. The van der Waals surface area contributed by atoms with Crippen molar-refractivity contribution in [2.75, 3.05) is 55.2 Å². The summed E-state index contributed by atoms with van der Waals surface area (Å²) in [5, 5.41) is 49.3. The number of aromatic nitrogens is 1. The molecule has 0 bridgehead atoms. The number of hydrogen-bond acceptors (Lipinski definition) is 19. The van der Waals surface area contributed by atoms with Crippen molar-refractivity contribution in [3.63, 3.8) is 0 Å².